The van der Waals surface area contributed by atoms with Crippen LogP contribution in [0.1, 0.15) is 6.92 Å². The molecule has 22 heavy (non-hydrogen) atoms. The highest BCUT2D eigenvalue weighted by Gasteiger charge is 2.11. The van der Waals surface area contributed by atoms with Crippen molar-refractivity contribution in [1.82, 2.24) is 15.0 Å². The van der Waals surface area contributed by atoms with Gasteiger partial charge in [-0.05, 0) is 46.6 Å². The van der Waals surface area contributed by atoms with Gasteiger partial charge in [0, 0.05) is 22.4 Å². The van der Waals surface area contributed by atoms with Crippen LogP contribution in [0.4, 0.5) is 10.7 Å². The lowest BCUT2D eigenvalue weighted by Crippen LogP contribution is -2.14. The molecule has 2 heterocycles. The Morgan fingerprint density at radius 1 is 1.41 bits per heavy atom. The van der Waals surface area contributed by atoms with Crippen LogP contribution in [-0.4, -0.2) is 27.7 Å². The third-order valence-electron chi connectivity index (χ3n) is 3.04. The summed E-state index contributed by atoms with van der Waals surface area (Å²) in [5.74, 6) is 0.345. The fourth-order valence-electron chi connectivity index (χ4n) is 2.09. The van der Waals surface area contributed by atoms with E-state index in [4.69, 9.17) is 4.74 Å². The van der Waals surface area contributed by atoms with Gasteiger partial charge in [-0.3, -0.25) is 10.3 Å². The largest absolute Gasteiger partial charge is 0.450 e. The van der Waals surface area contributed by atoms with Crippen LogP contribution in [-0.2, 0) is 4.74 Å². The van der Waals surface area contributed by atoms with Crippen LogP contribution < -0.4 is 5.32 Å². The number of pyridine rings is 1. The lowest BCUT2D eigenvalue weighted by atomic mass is 10.1. The van der Waals surface area contributed by atoms with Crippen molar-refractivity contribution in [3.8, 4) is 11.1 Å². The summed E-state index contributed by atoms with van der Waals surface area (Å²) in [4.78, 5) is 23.0. The van der Waals surface area contributed by atoms with Crippen molar-refractivity contribution in [2.45, 2.75) is 6.92 Å². The highest BCUT2D eigenvalue weighted by molar-refractivity contribution is 9.10. The minimum absolute atomic E-state index is 0.306. The number of anilines is 1. The molecule has 0 aliphatic rings. The molecule has 0 aliphatic carbocycles. The molecular weight excluding hydrogens is 348 g/mol. The molecule has 3 aromatic rings. The first-order valence-corrected chi connectivity index (χ1v) is 7.50. The number of nitrogens with one attached hydrogen (secondary N) is 2. The van der Waals surface area contributed by atoms with E-state index < -0.39 is 6.09 Å². The lowest BCUT2D eigenvalue weighted by Gasteiger charge is -2.02. The van der Waals surface area contributed by atoms with Crippen LogP contribution in [0.25, 0.3) is 22.2 Å². The van der Waals surface area contributed by atoms with Crippen LogP contribution in [0.15, 0.2) is 41.1 Å². The minimum Gasteiger partial charge on any atom is -0.450 e. The Morgan fingerprint density at radius 2 is 2.27 bits per heavy atom. The number of fused-ring (bicyclic) bond motifs is 1. The summed E-state index contributed by atoms with van der Waals surface area (Å²) in [5.41, 5.74) is 3.52. The molecule has 0 unspecified atom stereocenters. The van der Waals surface area contributed by atoms with Gasteiger partial charge in [-0.2, -0.15) is 0 Å². The second-order valence-corrected chi connectivity index (χ2v) is 5.38. The van der Waals surface area contributed by atoms with Crippen molar-refractivity contribution in [2.75, 3.05) is 11.9 Å². The van der Waals surface area contributed by atoms with E-state index in [1.54, 1.807) is 19.3 Å². The van der Waals surface area contributed by atoms with Crippen LogP contribution in [0.3, 0.4) is 0 Å². The van der Waals surface area contributed by atoms with Crippen LogP contribution >= 0.6 is 15.9 Å². The number of nitrogens with zero attached hydrogens (tertiary/aromatic N) is 2. The van der Waals surface area contributed by atoms with Gasteiger partial charge in [0.05, 0.1) is 17.6 Å². The minimum atomic E-state index is -0.537. The molecule has 0 atom stereocenters. The molecule has 0 aliphatic heterocycles. The molecule has 2 N–H and O–H groups in total. The zero-order valence-corrected chi connectivity index (χ0v) is 13.3. The molecule has 7 heteroatoms. The van der Waals surface area contributed by atoms with Crippen LogP contribution in [0.2, 0.25) is 0 Å². The fourth-order valence-corrected chi connectivity index (χ4v) is 2.64. The average molecular weight is 361 g/mol. The number of aromatic amines is 1. The number of hydrogen-bond donors (Lipinski definition) is 2. The number of hydrogen-bond acceptors (Lipinski definition) is 4. The maximum atomic E-state index is 11.4. The number of amides is 1. The number of carbonyl (C=O) groups is 1. The topological polar surface area (TPSA) is 79.9 Å². The van der Waals surface area contributed by atoms with Gasteiger partial charge in [-0.25, -0.2) is 9.78 Å². The average Bonchev–Trinajstić information content (AvgIpc) is 2.91. The first kappa shape index (κ1) is 14.5. The number of halogens is 1. The van der Waals surface area contributed by atoms with Crippen molar-refractivity contribution in [1.29, 1.82) is 0 Å². The summed E-state index contributed by atoms with van der Waals surface area (Å²) in [6.07, 6.45) is 2.98. The Kier molecular flexibility index (Phi) is 4.06. The molecule has 0 saturated carbocycles. The second kappa shape index (κ2) is 6.15. The van der Waals surface area contributed by atoms with Gasteiger partial charge in [0.25, 0.3) is 0 Å². The number of ether oxygens (including phenoxy) is 1. The number of aromatic nitrogens is 3. The molecule has 1 amide bonds. The molecule has 0 spiro atoms. The maximum absolute atomic E-state index is 11.4. The Morgan fingerprint density at radius 3 is 3.00 bits per heavy atom. The Hall–Kier alpha value is -2.41. The number of imidazole rings is 1. The summed E-state index contributed by atoms with van der Waals surface area (Å²) in [5, 5.41) is 2.56. The van der Waals surface area contributed by atoms with Gasteiger partial charge in [-0.15, -0.1) is 0 Å². The van der Waals surface area contributed by atoms with Crippen molar-refractivity contribution in [3.63, 3.8) is 0 Å². The highest BCUT2D eigenvalue weighted by Crippen LogP contribution is 2.30. The maximum Gasteiger partial charge on any atom is 0.413 e. The molecule has 1 aromatic carbocycles. The molecule has 0 radical (unpaired) electrons. The summed E-state index contributed by atoms with van der Waals surface area (Å²) >= 11 is 3.52. The van der Waals surface area contributed by atoms with Gasteiger partial charge in [0.1, 0.15) is 0 Å². The van der Waals surface area contributed by atoms with E-state index >= 15 is 0 Å². The SMILES string of the molecule is CCOC(=O)Nc1nc2cc(-c3cccnc3)cc(Br)c2[nH]1. The van der Waals surface area contributed by atoms with Gasteiger partial charge in [0.15, 0.2) is 0 Å². The van der Waals surface area contributed by atoms with Crippen molar-refractivity contribution in [2.24, 2.45) is 0 Å². The summed E-state index contributed by atoms with van der Waals surface area (Å²) in [7, 11) is 0. The molecular formula is C15H13BrN4O2. The third kappa shape index (κ3) is 2.94. The van der Waals surface area contributed by atoms with Crippen LogP contribution in [0, 0.1) is 0 Å². The highest BCUT2D eigenvalue weighted by atomic mass is 79.9. The van der Waals surface area contributed by atoms with E-state index in [1.807, 2.05) is 24.3 Å². The van der Waals surface area contributed by atoms with Crippen molar-refractivity contribution < 1.29 is 9.53 Å². The first-order chi connectivity index (χ1) is 10.7. The number of H-pyrrole nitrogens is 1. The molecule has 0 saturated heterocycles. The zero-order valence-electron chi connectivity index (χ0n) is 11.8. The van der Waals surface area contributed by atoms with E-state index in [9.17, 15) is 4.79 Å². The quantitative estimate of drug-likeness (QED) is 0.740. The number of benzene rings is 1. The predicted molar refractivity (Wildman–Crippen MR) is 87.7 cm³/mol. The van der Waals surface area contributed by atoms with E-state index in [2.05, 4.69) is 36.2 Å². The number of carbonyl (C=O) groups excluding carboxylic acids is 1. The first-order valence-electron chi connectivity index (χ1n) is 6.71. The Balaban J connectivity index is 1.98. The van der Waals surface area contributed by atoms with Gasteiger partial charge < -0.3 is 9.72 Å². The molecule has 112 valence electrons. The third-order valence-corrected chi connectivity index (χ3v) is 3.66. The van der Waals surface area contributed by atoms with E-state index in [0.29, 0.717) is 12.6 Å². The molecule has 2 aromatic heterocycles. The predicted octanol–water partition coefficient (Wildman–Crippen LogP) is 3.96. The molecule has 0 bridgehead atoms. The second-order valence-electron chi connectivity index (χ2n) is 4.52. The van der Waals surface area contributed by atoms with E-state index in [0.717, 1.165) is 26.6 Å². The Bertz CT molecular complexity index is 817. The molecule has 3 rings (SSSR count). The van der Waals surface area contributed by atoms with Gasteiger partial charge in [-0.1, -0.05) is 6.07 Å². The molecule has 6 nitrogen and oxygen atoms in total. The van der Waals surface area contributed by atoms with Crippen molar-refractivity contribution in [3.05, 3.63) is 41.1 Å². The summed E-state index contributed by atoms with van der Waals surface area (Å²) in [6, 6.07) is 7.77. The summed E-state index contributed by atoms with van der Waals surface area (Å²) in [6.45, 7) is 2.05. The fraction of sp³-hybridized carbons (Fsp3) is 0.133. The molecule has 0 fully saturated rings. The smallest absolute Gasteiger partial charge is 0.413 e. The zero-order chi connectivity index (χ0) is 15.5. The van der Waals surface area contributed by atoms with Gasteiger partial charge >= 0.3 is 6.09 Å². The van der Waals surface area contributed by atoms with Crippen LogP contribution in [0.5, 0.6) is 0 Å². The lowest BCUT2D eigenvalue weighted by molar-refractivity contribution is 0.167. The normalized spacial score (nSPS) is 10.6. The Labute approximate surface area is 135 Å². The van der Waals surface area contributed by atoms with E-state index in [1.165, 1.54) is 0 Å². The standard InChI is InChI=1S/C15H13BrN4O2/c1-2-22-15(21)20-14-18-12-7-10(6-11(16)13(12)19-14)9-4-3-5-17-8-9/h3-8H,2H2,1H3,(H2,18,19,20,21). The monoisotopic (exact) mass is 360 g/mol. The number of rotatable bonds is 3. The van der Waals surface area contributed by atoms with E-state index in [-0.39, 0.29) is 0 Å². The van der Waals surface area contributed by atoms with Crippen molar-refractivity contribution >= 4 is 39.0 Å². The van der Waals surface area contributed by atoms with Gasteiger partial charge in [0.2, 0.25) is 5.95 Å². The summed E-state index contributed by atoms with van der Waals surface area (Å²) < 4.78 is 5.69.